The van der Waals surface area contributed by atoms with Crippen LogP contribution in [0.2, 0.25) is 0 Å². The smallest absolute Gasteiger partial charge is 0.373 e. The van der Waals surface area contributed by atoms with Crippen molar-refractivity contribution < 1.29 is 48.3 Å². The van der Waals surface area contributed by atoms with Gasteiger partial charge in [0, 0.05) is 29.7 Å². The molecule has 0 saturated heterocycles. The molecule has 10 nitrogen and oxygen atoms in total. The molecular formula is C36H40O10. The van der Waals surface area contributed by atoms with Crippen molar-refractivity contribution in [2.24, 2.45) is 16.7 Å². The molecule has 1 saturated carbocycles. The second-order valence-electron chi connectivity index (χ2n) is 12.9. The zero-order chi connectivity index (χ0) is 33.4. The Labute approximate surface area is 268 Å². The lowest BCUT2D eigenvalue weighted by atomic mass is 9.42. The zero-order valence-corrected chi connectivity index (χ0v) is 26.6. The van der Waals surface area contributed by atoms with Gasteiger partial charge >= 0.3 is 23.9 Å². The molecule has 244 valence electrons. The molecule has 0 amide bonds. The fourth-order valence-corrected chi connectivity index (χ4v) is 7.69. The summed E-state index contributed by atoms with van der Waals surface area (Å²) in [7, 11) is 0. The fraction of sp³-hybridized carbons (Fsp3) is 0.444. The van der Waals surface area contributed by atoms with E-state index < -0.39 is 70.3 Å². The summed E-state index contributed by atoms with van der Waals surface area (Å²) in [4.78, 5) is 52.1. The number of ether oxygens (including phenoxy) is 4. The number of carbonyl (C=O) groups excluding carboxylic acids is 4. The molecular weight excluding hydrogens is 592 g/mol. The van der Waals surface area contributed by atoms with Gasteiger partial charge in [-0.15, -0.1) is 0 Å². The first-order chi connectivity index (χ1) is 21.7. The van der Waals surface area contributed by atoms with E-state index in [1.807, 2.05) is 19.9 Å². The SMILES string of the molecule is CC(=O)O[C@@H](CC1=C(O)C(=O)OC1)[C@]1(C)[C@H]2CCC=C(C)[C@]2(C)[C@@H](OC(=O)c2ccccc2)[C@H](OC(=O)c2ccccc2)[C@]1(C)O. The lowest BCUT2D eigenvalue weighted by Gasteiger charge is -2.66. The molecule has 1 heterocycles. The Morgan fingerprint density at radius 2 is 1.48 bits per heavy atom. The minimum atomic E-state index is -2.00. The number of cyclic esters (lactones) is 1. The highest BCUT2D eigenvalue weighted by Crippen LogP contribution is 2.65. The van der Waals surface area contributed by atoms with Gasteiger partial charge in [-0.25, -0.2) is 14.4 Å². The number of allylic oxidation sites excluding steroid dienone is 1. The van der Waals surface area contributed by atoms with Crippen molar-refractivity contribution in [1.82, 2.24) is 0 Å². The second-order valence-corrected chi connectivity index (χ2v) is 12.9. The molecule has 7 atom stereocenters. The summed E-state index contributed by atoms with van der Waals surface area (Å²) in [6.07, 6.45) is -0.722. The molecule has 1 fully saturated rings. The van der Waals surface area contributed by atoms with E-state index in [1.54, 1.807) is 67.6 Å². The minimum absolute atomic E-state index is 0.132. The maximum atomic E-state index is 13.7. The minimum Gasteiger partial charge on any atom is -0.502 e. The number of aliphatic hydroxyl groups excluding tert-OH is 1. The van der Waals surface area contributed by atoms with Crippen LogP contribution in [-0.2, 0) is 28.5 Å². The Hall–Kier alpha value is -4.44. The number of hydrogen-bond acceptors (Lipinski definition) is 10. The van der Waals surface area contributed by atoms with Crippen LogP contribution in [0, 0.1) is 16.7 Å². The van der Waals surface area contributed by atoms with Gasteiger partial charge in [-0.1, -0.05) is 61.9 Å². The first-order valence-electron chi connectivity index (χ1n) is 15.4. The monoisotopic (exact) mass is 632 g/mol. The molecule has 2 aliphatic carbocycles. The largest absolute Gasteiger partial charge is 0.502 e. The van der Waals surface area contributed by atoms with E-state index in [0.29, 0.717) is 12.8 Å². The third-order valence-corrected chi connectivity index (χ3v) is 10.5. The normalized spacial score (nSPS) is 31.2. The molecule has 0 bridgehead atoms. The first-order valence-corrected chi connectivity index (χ1v) is 15.4. The Morgan fingerprint density at radius 3 is 1.98 bits per heavy atom. The quantitative estimate of drug-likeness (QED) is 0.224. The predicted octanol–water partition coefficient (Wildman–Crippen LogP) is 5.26. The maximum Gasteiger partial charge on any atom is 0.373 e. The summed E-state index contributed by atoms with van der Waals surface area (Å²) >= 11 is 0. The van der Waals surface area contributed by atoms with Crippen LogP contribution in [0.25, 0.3) is 0 Å². The van der Waals surface area contributed by atoms with E-state index in [9.17, 15) is 29.4 Å². The van der Waals surface area contributed by atoms with Crippen LogP contribution in [0.4, 0.5) is 0 Å². The van der Waals surface area contributed by atoms with E-state index in [0.717, 1.165) is 5.57 Å². The summed E-state index contributed by atoms with van der Waals surface area (Å²) in [6, 6.07) is 16.7. The molecule has 10 heteroatoms. The van der Waals surface area contributed by atoms with Gasteiger partial charge in [-0.2, -0.15) is 0 Å². The van der Waals surface area contributed by atoms with Gasteiger partial charge in [-0.05, 0) is 56.9 Å². The summed E-state index contributed by atoms with van der Waals surface area (Å²) in [5, 5.41) is 23.4. The van der Waals surface area contributed by atoms with Gasteiger partial charge < -0.3 is 29.2 Å². The second kappa shape index (κ2) is 12.4. The van der Waals surface area contributed by atoms with Crippen molar-refractivity contribution >= 4 is 23.9 Å². The fourth-order valence-electron chi connectivity index (χ4n) is 7.69. The molecule has 5 rings (SSSR count). The van der Waals surface area contributed by atoms with Crippen LogP contribution in [0.3, 0.4) is 0 Å². The van der Waals surface area contributed by atoms with Crippen molar-refractivity contribution in [1.29, 1.82) is 0 Å². The molecule has 46 heavy (non-hydrogen) atoms. The van der Waals surface area contributed by atoms with Gasteiger partial charge in [0.05, 0.1) is 11.1 Å². The predicted molar refractivity (Wildman–Crippen MR) is 165 cm³/mol. The Bertz CT molecular complexity index is 1580. The van der Waals surface area contributed by atoms with Crippen LogP contribution in [0.15, 0.2) is 83.6 Å². The average Bonchev–Trinajstić information content (AvgIpc) is 3.35. The Morgan fingerprint density at radius 1 is 0.935 bits per heavy atom. The van der Waals surface area contributed by atoms with Crippen molar-refractivity contribution in [2.75, 3.05) is 6.61 Å². The molecule has 0 radical (unpaired) electrons. The third-order valence-electron chi connectivity index (χ3n) is 10.5. The molecule has 1 aliphatic heterocycles. The van der Waals surface area contributed by atoms with Gasteiger partial charge in [0.1, 0.15) is 18.3 Å². The van der Waals surface area contributed by atoms with Crippen molar-refractivity contribution in [3.8, 4) is 0 Å². The third kappa shape index (κ3) is 5.48. The summed E-state index contributed by atoms with van der Waals surface area (Å²) in [6.45, 7) is 8.10. The number of carbonyl (C=O) groups is 4. The topological polar surface area (TPSA) is 146 Å². The average molecular weight is 633 g/mol. The van der Waals surface area contributed by atoms with Crippen LogP contribution >= 0.6 is 0 Å². The van der Waals surface area contributed by atoms with Gasteiger partial charge in [0.25, 0.3) is 0 Å². The van der Waals surface area contributed by atoms with Crippen LogP contribution < -0.4 is 0 Å². The van der Waals surface area contributed by atoms with Crippen molar-refractivity contribution in [3.05, 3.63) is 94.8 Å². The van der Waals surface area contributed by atoms with Crippen molar-refractivity contribution in [3.63, 3.8) is 0 Å². The highest BCUT2D eigenvalue weighted by molar-refractivity contribution is 5.91. The molecule has 0 spiro atoms. The van der Waals surface area contributed by atoms with Crippen molar-refractivity contribution in [2.45, 2.75) is 77.8 Å². The summed E-state index contributed by atoms with van der Waals surface area (Å²) in [5.41, 5.74) is -2.84. The van der Waals surface area contributed by atoms with Crippen LogP contribution in [0.1, 0.15) is 74.6 Å². The number of esters is 4. The highest BCUT2D eigenvalue weighted by Gasteiger charge is 2.73. The summed E-state index contributed by atoms with van der Waals surface area (Å²) in [5.74, 6) is -4.01. The molecule has 2 N–H and O–H groups in total. The Kier molecular flexibility index (Phi) is 8.88. The highest BCUT2D eigenvalue weighted by atomic mass is 16.6. The summed E-state index contributed by atoms with van der Waals surface area (Å²) < 4.78 is 23.4. The number of rotatable bonds is 8. The molecule has 0 aromatic heterocycles. The number of aliphatic hydroxyl groups is 2. The number of fused-ring (bicyclic) bond motifs is 1. The van der Waals surface area contributed by atoms with Gasteiger partial charge in [-0.3, -0.25) is 4.79 Å². The molecule has 3 aliphatic rings. The van der Waals surface area contributed by atoms with Gasteiger partial charge in [0.15, 0.2) is 12.2 Å². The van der Waals surface area contributed by atoms with E-state index in [1.165, 1.54) is 13.8 Å². The van der Waals surface area contributed by atoms with Crippen LogP contribution in [-0.4, -0.2) is 64.6 Å². The van der Waals surface area contributed by atoms with Crippen LogP contribution in [0.5, 0.6) is 0 Å². The molecule has 0 unspecified atom stereocenters. The number of hydrogen-bond donors (Lipinski definition) is 2. The molecule has 2 aromatic rings. The van der Waals surface area contributed by atoms with E-state index in [-0.39, 0.29) is 29.7 Å². The lowest BCUT2D eigenvalue weighted by Crippen LogP contribution is -2.75. The van der Waals surface area contributed by atoms with E-state index >= 15 is 0 Å². The standard InChI is InChI=1S/C36H40O10/c1-21-13-12-18-26-34(21,3)29(45-31(39)23-14-8-6-9-15-23)30(46-32(40)24-16-10-7-11-17-24)36(5,42)35(26,4)27(44-22(2)37)19-25-20-43-33(41)28(25)38/h6-11,13-17,26-27,29-30,38,42H,12,18-20H2,1-5H3/t26-,27-,29-,30-,34-,35-,36-/m0/s1. The molecule has 2 aromatic carbocycles. The van der Waals surface area contributed by atoms with E-state index in [2.05, 4.69) is 0 Å². The van der Waals surface area contributed by atoms with E-state index in [4.69, 9.17) is 18.9 Å². The zero-order valence-electron chi connectivity index (χ0n) is 26.6. The number of benzene rings is 2. The lowest BCUT2D eigenvalue weighted by molar-refractivity contribution is -0.290. The first kappa shape index (κ1) is 32.9. The maximum absolute atomic E-state index is 13.7. The Balaban J connectivity index is 1.70. The van der Waals surface area contributed by atoms with Gasteiger partial charge in [0.2, 0.25) is 5.76 Å².